The van der Waals surface area contributed by atoms with E-state index in [1.807, 2.05) is 6.07 Å². The Balaban J connectivity index is 2.19. The van der Waals surface area contributed by atoms with E-state index in [0.29, 0.717) is 0 Å². The number of aromatic nitrogens is 2. The highest BCUT2D eigenvalue weighted by atomic mass is 79.9. The van der Waals surface area contributed by atoms with Crippen molar-refractivity contribution in [2.24, 2.45) is 0 Å². The van der Waals surface area contributed by atoms with E-state index in [-0.39, 0.29) is 13.2 Å². The number of nitrogens with zero attached hydrogens (tertiary/aromatic N) is 2. The second-order valence-electron chi connectivity index (χ2n) is 3.25. The lowest BCUT2D eigenvalue weighted by atomic mass is 10.3. The molecule has 7 heteroatoms. The maximum Gasteiger partial charge on any atom is 0.136 e. The summed E-state index contributed by atoms with van der Waals surface area (Å²) in [6, 6.07) is 1.88. The second kappa shape index (κ2) is 5.05. The van der Waals surface area contributed by atoms with Crippen LogP contribution in [0.15, 0.2) is 16.7 Å². The van der Waals surface area contributed by atoms with E-state index in [4.69, 9.17) is 5.11 Å². The fourth-order valence-corrected chi connectivity index (χ4v) is 2.24. The Bertz CT molecular complexity index is 491. The van der Waals surface area contributed by atoms with E-state index in [1.54, 1.807) is 6.20 Å². The van der Waals surface area contributed by atoms with Gasteiger partial charge in [-0.15, -0.1) is 0 Å². The molecular weight excluding hydrogens is 294 g/mol. The SMILES string of the molecule is OCC(O)CNc1snc2cc(Br)cnc12. The summed E-state index contributed by atoms with van der Waals surface area (Å²) in [6.45, 7) is 0.0221. The molecule has 2 aromatic rings. The van der Waals surface area contributed by atoms with Gasteiger partial charge in [-0.1, -0.05) is 0 Å². The Labute approximate surface area is 104 Å². The van der Waals surface area contributed by atoms with Crippen molar-refractivity contribution in [2.75, 3.05) is 18.5 Å². The van der Waals surface area contributed by atoms with Gasteiger partial charge in [0.05, 0.1) is 12.7 Å². The Morgan fingerprint density at radius 2 is 2.38 bits per heavy atom. The topological polar surface area (TPSA) is 78.3 Å². The average molecular weight is 304 g/mol. The third-order valence-corrected chi connectivity index (χ3v) is 3.24. The molecule has 5 nitrogen and oxygen atoms in total. The van der Waals surface area contributed by atoms with Crippen LogP contribution in [0.4, 0.5) is 5.00 Å². The van der Waals surface area contributed by atoms with Gasteiger partial charge in [-0.25, -0.2) is 0 Å². The van der Waals surface area contributed by atoms with Crippen LogP contribution in [-0.2, 0) is 0 Å². The number of hydrogen-bond acceptors (Lipinski definition) is 6. The molecule has 0 aliphatic heterocycles. The molecule has 0 amide bonds. The number of halogens is 1. The number of aliphatic hydroxyl groups excluding tert-OH is 2. The molecule has 3 N–H and O–H groups in total. The van der Waals surface area contributed by atoms with Crippen molar-refractivity contribution in [3.63, 3.8) is 0 Å². The molecule has 2 heterocycles. The van der Waals surface area contributed by atoms with E-state index in [1.165, 1.54) is 11.5 Å². The van der Waals surface area contributed by atoms with Crippen molar-refractivity contribution >= 4 is 43.5 Å². The Morgan fingerprint density at radius 3 is 3.12 bits per heavy atom. The molecule has 16 heavy (non-hydrogen) atoms. The molecular formula is C9H10BrN3O2S. The fourth-order valence-electron chi connectivity index (χ4n) is 1.20. The summed E-state index contributed by atoms with van der Waals surface area (Å²) in [5.74, 6) is 0. The third kappa shape index (κ3) is 2.49. The van der Waals surface area contributed by atoms with Gasteiger partial charge in [-0.2, -0.15) is 4.37 Å². The quantitative estimate of drug-likeness (QED) is 0.791. The van der Waals surface area contributed by atoms with Gasteiger partial charge >= 0.3 is 0 Å². The predicted molar refractivity (Wildman–Crippen MR) is 66.7 cm³/mol. The molecule has 0 saturated carbocycles. The summed E-state index contributed by atoms with van der Waals surface area (Å²) in [5, 5.41) is 21.7. The second-order valence-corrected chi connectivity index (χ2v) is 4.94. The van der Waals surface area contributed by atoms with Gasteiger partial charge in [-0.05, 0) is 33.5 Å². The molecule has 2 rings (SSSR count). The van der Waals surface area contributed by atoms with Gasteiger partial charge in [0.2, 0.25) is 0 Å². The summed E-state index contributed by atoms with van der Waals surface area (Å²) in [4.78, 5) is 4.24. The van der Waals surface area contributed by atoms with Crippen LogP contribution in [0.2, 0.25) is 0 Å². The number of nitrogens with one attached hydrogen (secondary N) is 1. The molecule has 1 unspecified atom stereocenters. The van der Waals surface area contributed by atoms with Crippen molar-refractivity contribution in [1.82, 2.24) is 9.36 Å². The Kier molecular flexibility index (Phi) is 3.70. The largest absolute Gasteiger partial charge is 0.394 e. The zero-order valence-electron chi connectivity index (χ0n) is 8.22. The van der Waals surface area contributed by atoms with Crippen LogP contribution in [0.5, 0.6) is 0 Å². The standard InChI is InChI=1S/C9H10BrN3O2S/c10-5-1-7-8(11-2-5)9(16-13-7)12-3-6(15)4-14/h1-2,6,12,14-15H,3-4H2. The molecule has 0 spiro atoms. The smallest absolute Gasteiger partial charge is 0.136 e. The van der Waals surface area contributed by atoms with Crippen LogP contribution in [0.3, 0.4) is 0 Å². The zero-order chi connectivity index (χ0) is 11.5. The van der Waals surface area contributed by atoms with Crippen molar-refractivity contribution in [3.8, 4) is 0 Å². The molecule has 0 fully saturated rings. The molecule has 0 aromatic carbocycles. The van der Waals surface area contributed by atoms with Crippen LogP contribution in [0, 0.1) is 0 Å². The van der Waals surface area contributed by atoms with Crippen LogP contribution >= 0.6 is 27.5 Å². The number of aliphatic hydroxyl groups is 2. The molecule has 0 aliphatic rings. The normalized spacial score (nSPS) is 12.9. The summed E-state index contributed by atoms with van der Waals surface area (Å²) >= 11 is 4.61. The monoisotopic (exact) mass is 303 g/mol. The lowest BCUT2D eigenvalue weighted by Crippen LogP contribution is -2.22. The summed E-state index contributed by atoms with van der Waals surface area (Å²) in [5.41, 5.74) is 1.58. The van der Waals surface area contributed by atoms with Crippen molar-refractivity contribution in [1.29, 1.82) is 0 Å². The molecule has 0 radical (unpaired) electrons. The Morgan fingerprint density at radius 1 is 1.56 bits per heavy atom. The van der Waals surface area contributed by atoms with Gasteiger partial charge in [0.1, 0.15) is 16.0 Å². The van der Waals surface area contributed by atoms with E-state index < -0.39 is 6.10 Å². The first-order valence-electron chi connectivity index (χ1n) is 4.64. The van der Waals surface area contributed by atoms with Crippen LogP contribution in [0.1, 0.15) is 0 Å². The minimum atomic E-state index is -0.771. The number of rotatable bonds is 4. The van der Waals surface area contributed by atoms with Crippen molar-refractivity contribution in [3.05, 3.63) is 16.7 Å². The molecule has 1 atom stereocenters. The van der Waals surface area contributed by atoms with E-state index in [0.717, 1.165) is 20.5 Å². The number of anilines is 1. The lowest BCUT2D eigenvalue weighted by molar-refractivity contribution is 0.105. The van der Waals surface area contributed by atoms with E-state index >= 15 is 0 Å². The van der Waals surface area contributed by atoms with E-state index in [2.05, 4.69) is 30.6 Å². The molecule has 0 saturated heterocycles. The highest BCUT2D eigenvalue weighted by Gasteiger charge is 2.09. The Hall–Kier alpha value is -0.760. The molecule has 0 bridgehead atoms. The van der Waals surface area contributed by atoms with Gasteiger partial charge in [0.25, 0.3) is 0 Å². The zero-order valence-corrected chi connectivity index (χ0v) is 10.6. The highest BCUT2D eigenvalue weighted by molar-refractivity contribution is 9.10. The molecule has 86 valence electrons. The van der Waals surface area contributed by atoms with Gasteiger partial charge < -0.3 is 15.5 Å². The van der Waals surface area contributed by atoms with Crippen LogP contribution in [-0.4, -0.2) is 38.8 Å². The minimum Gasteiger partial charge on any atom is -0.394 e. The summed E-state index contributed by atoms with van der Waals surface area (Å²) in [6.07, 6.45) is 0.928. The summed E-state index contributed by atoms with van der Waals surface area (Å²) in [7, 11) is 0. The van der Waals surface area contributed by atoms with Crippen molar-refractivity contribution in [2.45, 2.75) is 6.10 Å². The number of hydrogen-bond donors (Lipinski definition) is 3. The first-order chi connectivity index (χ1) is 7.70. The first kappa shape index (κ1) is 11.7. The van der Waals surface area contributed by atoms with Gasteiger partial charge in [-0.3, -0.25) is 4.98 Å². The predicted octanol–water partition coefficient (Wildman–Crippen LogP) is 1.22. The maximum atomic E-state index is 9.22. The number of fused-ring (bicyclic) bond motifs is 1. The van der Waals surface area contributed by atoms with Crippen molar-refractivity contribution < 1.29 is 10.2 Å². The van der Waals surface area contributed by atoms with Crippen LogP contribution in [0.25, 0.3) is 11.0 Å². The van der Waals surface area contributed by atoms with Gasteiger partial charge in [0, 0.05) is 17.2 Å². The van der Waals surface area contributed by atoms with E-state index in [9.17, 15) is 5.11 Å². The maximum absolute atomic E-state index is 9.22. The molecule has 0 aliphatic carbocycles. The first-order valence-corrected chi connectivity index (χ1v) is 6.21. The summed E-state index contributed by atoms with van der Waals surface area (Å²) < 4.78 is 5.11. The average Bonchev–Trinajstić information content (AvgIpc) is 2.68. The van der Waals surface area contributed by atoms with Gasteiger partial charge in [0.15, 0.2) is 0 Å². The molecule has 2 aromatic heterocycles. The number of pyridine rings is 1. The fraction of sp³-hybridized carbons (Fsp3) is 0.333. The van der Waals surface area contributed by atoms with Crippen LogP contribution < -0.4 is 5.32 Å². The third-order valence-electron chi connectivity index (χ3n) is 1.99. The lowest BCUT2D eigenvalue weighted by Gasteiger charge is -2.07. The highest BCUT2D eigenvalue weighted by Crippen LogP contribution is 2.27. The minimum absolute atomic E-state index is 0.261.